The van der Waals surface area contributed by atoms with Crippen LogP contribution < -0.4 is 0 Å². The van der Waals surface area contributed by atoms with Crippen LogP contribution in [0.3, 0.4) is 0 Å². The lowest BCUT2D eigenvalue weighted by Gasteiger charge is -2.17. The van der Waals surface area contributed by atoms with E-state index in [2.05, 4.69) is 75.2 Å². The number of nitrogens with zero attached hydrogens (tertiary/aromatic N) is 3. The van der Waals surface area contributed by atoms with E-state index < -0.39 is 0 Å². The van der Waals surface area contributed by atoms with E-state index >= 15 is 0 Å². The van der Waals surface area contributed by atoms with E-state index in [-0.39, 0.29) is 0 Å². The molecule has 18 heavy (non-hydrogen) atoms. The maximum atomic E-state index is 2.32. The van der Waals surface area contributed by atoms with Crippen molar-refractivity contribution in [3.63, 3.8) is 0 Å². The summed E-state index contributed by atoms with van der Waals surface area (Å²) in [5.74, 6) is 0. The first-order valence-electron chi connectivity index (χ1n) is 6.42. The van der Waals surface area contributed by atoms with E-state index in [0.717, 1.165) is 19.6 Å². The second-order valence-electron chi connectivity index (χ2n) is 5.87. The molecule has 0 spiro atoms. The van der Waals surface area contributed by atoms with Crippen LogP contribution in [0.1, 0.15) is 16.7 Å². The molecule has 0 atom stereocenters. The van der Waals surface area contributed by atoms with Gasteiger partial charge in [-0.2, -0.15) is 0 Å². The maximum Gasteiger partial charge on any atom is 0.0227 e. The first-order chi connectivity index (χ1) is 8.36. The molecule has 3 nitrogen and oxygen atoms in total. The highest BCUT2D eigenvalue weighted by atomic mass is 15.1. The van der Waals surface area contributed by atoms with Crippen LogP contribution in [-0.4, -0.2) is 57.0 Å². The zero-order valence-corrected chi connectivity index (χ0v) is 12.7. The van der Waals surface area contributed by atoms with E-state index in [1.165, 1.54) is 16.7 Å². The highest BCUT2D eigenvalue weighted by Gasteiger charge is 2.04. The topological polar surface area (TPSA) is 9.72 Å². The van der Waals surface area contributed by atoms with Crippen molar-refractivity contribution < 1.29 is 0 Å². The quantitative estimate of drug-likeness (QED) is 0.762. The molecule has 0 N–H and O–H groups in total. The molecule has 0 aliphatic rings. The Morgan fingerprint density at radius 2 is 0.778 bits per heavy atom. The Labute approximate surface area is 112 Å². The Hall–Kier alpha value is -0.900. The van der Waals surface area contributed by atoms with Gasteiger partial charge in [-0.1, -0.05) is 18.2 Å². The highest BCUT2D eigenvalue weighted by molar-refractivity contribution is 5.30. The van der Waals surface area contributed by atoms with Gasteiger partial charge in [0.2, 0.25) is 0 Å². The van der Waals surface area contributed by atoms with E-state index in [9.17, 15) is 0 Å². The molecule has 0 heterocycles. The molecule has 102 valence electrons. The fourth-order valence-electron chi connectivity index (χ4n) is 2.21. The summed E-state index contributed by atoms with van der Waals surface area (Å²) in [5.41, 5.74) is 4.20. The van der Waals surface area contributed by atoms with Gasteiger partial charge >= 0.3 is 0 Å². The highest BCUT2D eigenvalue weighted by Crippen LogP contribution is 2.14. The molecule has 0 unspecified atom stereocenters. The minimum absolute atomic E-state index is 1.00. The fraction of sp³-hybridized carbons (Fsp3) is 0.600. The normalized spacial score (nSPS) is 11.8. The van der Waals surface area contributed by atoms with Gasteiger partial charge in [-0.3, -0.25) is 0 Å². The van der Waals surface area contributed by atoms with Crippen molar-refractivity contribution in [2.45, 2.75) is 19.6 Å². The van der Waals surface area contributed by atoms with Gasteiger partial charge in [0.25, 0.3) is 0 Å². The summed E-state index contributed by atoms with van der Waals surface area (Å²) in [7, 11) is 12.7. The third-order valence-electron chi connectivity index (χ3n) is 2.61. The molecule has 1 aromatic rings. The number of rotatable bonds is 6. The minimum atomic E-state index is 1.00. The molecule has 1 aromatic carbocycles. The molecule has 0 aromatic heterocycles. The average molecular weight is 249 g/mol. The molecule has 0 radical (unpaired) electrons. The van der Waals surface area contributed by atoms with E-state index in [1.807, 2.05) is 0 Å². The molecule has 0 amide bonds. The van der Waals surface area contributed by atoms with Gasteiger partial charge in [-0.15, -0.1) is 0 Å². The van der Waals surface area contributed by atoms with Crippen molar-refractivity contribution in [2.75, 3.05) is 42.3 Å². The minimum Gasteiger partial charge on any atom is -0.305 e. The first kappa shape index (κ1) is 15.2. The molecule has 1 rings (SSSR count). The van der Waals surface area contributed by atoms with Crippen LogP contribution in [0, 0.1) is 0 Å². The monoisotopic (exact) mass is 249 g/mol. The van der Waals surface area contributed by atoms with Crippen LogP contribution in [0.25, 0.3) is 0 Å². The van der Waals surface area contributed by atoms with Gasteiger partial charge in [0.05, 0.1) is 0 Å². The van der Waals surface area contributed by atoms with Crippen molar-refractivity contribution >= 4 is 0 Å². The molecule has 0 aliphatic carbocycles. The van der Waals surface area contributed by atoms with Crippen molar-refractivity contribution in [1.29, 1.82) is 0 Å². The third kappa shape index (κ3) is 5.63. The SMILES string of the molecule is CN(C)Cc1cc(CN(C)C)cc(CN(C)C)c1. The summed E-state index contributed by atoms with van der Waals surface area (Å²) < 4.78 is 0. The Morgan fingerprint density at radius 1 is 0.556 bits per heavy atom. The predicted molar refractivity (Wildman–Crippen MR) is 78.6 cm³/mol. The number of hydrogen-bond acceptors (Lipinski definition) is 3. The lowest BCUT2D eigenvalue weighted by molar-refractivity contribution is 0.389. The summed E-state index contributed by atoms with van der Waals surface area (Å²) in [6.07, 6.45) is 0. The van der Waals surface area contributed by atoms with Crippen molar-refractivity contribution in [3.8, 4) is 0 Å². The van der Waals surface area contributed by atoms with E-state index in [4.69, 9.17) is 0 Å². The summed E-state index contributed by atoms with van der Waals surface area (Å²) in [6, 6.07) is 6.96. The Kier molecular flexibility index (Phi) is 5.79. The number of hydrogen-bond donors (Lipinski definition) is 0. The summed E-state index contributed by atoms with van der Waals surface area (Å²) in [4.78, 5) is 6.65. The van der Waals surface area contributed by atoms with Crippen LogP contribution in [0.4, 0.5) is 0 Å². The predicted octanol–water partition coefficient (Wildman–Crippen LogP) is 1.87. The van der Waals surface area contributed by atoms with Crippen LogP contribution in [0.2, 0.25) is 0 Å². The Bertz CT molecular complexity index is 301. The molecule has 0 saturated heterocycles. The molecular weight excluding hydrogens is 222 g/mol. The third-order valence-corrected chi connectivity index (χ3v) is 2.61. The lowest BCUT2D eigenvalue weighted by Crippen LogP contribution is -2.16. The molecule has 0 fully saturated rings. The largest absolute Gasteiger partial charge is 0.305 e. The second-order valence-corrected chi connectivity index (χ2v) is 5.87. The Morgan fingerprint density at radius 3 is 0.944 bits per heavy atom. The van der Waals surface area contributed by atoms with Crippen LogP contribution in [-0.2, 0) is 19.6 Å². The molecule has 0 saturated carbocycles. The standard InChI is InChI=1S/C15H27N3/c1-16(2)10-13-7-14(11-17(3)4)9-15(8-13)12-18(5)6/h7-9H,10-12H2,1-6H3. The maximum absolute atomic E-state index is 2.32. The van der Waals surface area contributed by atoms with Gasteiger partial charge in [0.1, 0.15) is 0 Å². The van der Waals surface area contributed by atoms with E-state index in [0.29, 0.717) is 0 Å². The van der Waals surface area contributed by atoms with E-state index in [1.54, 1.807) is 0 Å². The average Bonchev–Trinajstić information content (AvgIpc) is 2.12. The molecular formula is C15H27N3. The second kappa shape index (κ2) is 6.88. The van der Waals surface area contributed by atoms with Crippen molar-refractivity contribution in [2.24, 2.45) is 0 Å². The van der Waals surface area contributed by atoms with Crippen molar-refractivity contribution in [1.82, 2.24) is 14.7 Å². The van der Waals surface area contributed by atoms with Crippen LogP contribution >= 0.6 is 0 Å². The zero-order chi connectivity index (χ0) is 13.7. The lowest BCUT2D eigenvalue weighted by atomic mass is 10.0. The summed E-state index contributed by atoms with van der Waals surface area (Å²) >= 11 is 0. The summed E-state index contributed by atoms with van der Waals surface area (Å²) in [5, 5.41) is 0. The Balaban J connectivity index is 2.95. The molecule has 0 aliphatic heterocycles. The van der Waals surface area contributed by atoms with Crippen molar-refractivity contribution in [3.05, 3.63) is 34.9 Å². The zero-order valence-electron chi connectivity index (χ0n) is 12.7. The van der Waals surface area contributed by atoms with Gasteiger partial charge < -0.3 is 14.7 Å². The van der Waals surface area contributed by atoms with Gasteiger partial charge in [0, 0.05) is 19.6 Å². The van der Waals surface area contributed by atoms with Gasteiger partial charge in [0.15, 0.2) is 0 Å². The van der Waals surface area contributed by atoms with Crippen LogP contribution in [0.15, 0.2) is 18.2 Å². The summed E-state index contributed by atoms with van der Waals surface area (Å²) in [6.45, 7) is 3.01. The van der Waals surface area contributed by atoms with Crippen LogP contribution in [0.5, 0.6) is 0 Å². The number of benzene rings is 1. The first-order valence-corrected chi connectivity index (χ1v) is 6.42. The van der Waals surface area contributed by atoms with Gasteiger partial charge in [-0.05, 0) is 59.0 Å². The smallest absolute Gasteiger partial charge is 0.0227 e. The molecule has 3 heteroatoms. The fourth-order valence-corrected chi connectivity index (χ4v) is 2.21. The van der Waals surface area contributed by atoms with Gasteiger partial charge in [-0.25, -0.2) is 0 Å². The molecule has 0 bridgehead atoms.